The molecule has 0 spiro atoms. The van der Waals surface area contributed by atoms with Gasteiger partial charge in [-0.25, -0.2) is 4.98 Å². The summed E-state index contributed by atoms with van der Waals surface area (Å²) in [5, 5.41) is 11.2. The molecule has 0 saturated heterocycles. The van der Waals surface area contributed by atoms with Crippen molar-refractivity contribution in [3.8, 4) is 5.75 Å². The Morgan fingerprint density at radius 1 is 1.32 bits per heavy atom. The van der Waals surface area contributed by atoms with E-state index in [9.17, 15) is 14.9 Å². The second kappa shape index (κ2) is 5.52. The maximum absolute atomic E-state index is 11.8. The van der Waals surface area contributed by atoms with Crippen LogP contribution in [0.2, 0.25) is 0 Å². The highest BCUT2D eigenvalue weighted by Crippen LogP contribution is 2.26. The fourth-order valence-electron chi connectivity index (χ4n) is 1.93. The number of pyridine rings is 1. The number of aromatic amines is 1. The maximum Gasteiger partial charge on any atom is 0.296 e. The summed E-state index contributed by atoms with van der Waals surface area (Å²) in [6, 6.07) is 9.95. The van der Waals surface area contributed by atoms with Gasteiger partial charge in [0.05, 0.1) is 17.3 Å². The number of hydrogen-bond donors (Lipinski definition) is 2. The quantitative estimate of drug-likeness (QED) is 0.566. The summed E-state index contributed by atoms with van der Waals surface area (Å²) >= 11 is 0. The summed E-state index contributed by atoms with van der Waals surface area (Å²) in [7, 11) is 0. The van der Waals surface area contributed by atoms with Gasteiger partial charge in [-0.05, 0) is 12.1 Å². The van der Waals surface area contributed by atoms with Crippen molar-refractivity contribution < 1.29 is 14.6 Å². The van der Waals surface area contributed by atoms with Crippen LogP contribution < -0.4 is 10.3 Å². The van der Waals surface area contributed by atoms with Crippen LogP contribution in [0.15, 0.2) is 48.8 Å². The Hall–Kier alpha value is -3.42. The third-order valence-corrected chi connectivity index (χ3v) is 2.98. The standard InChI is InChI=1S/C14H10N4O4/c19-14(9-4-2-1-3-5-9)17-22-10-6-11-12(18(20)21)8-16-13(11)15-7-10/h1-8H,(H,15,16)(H,17,19). The SMILES string of the molecule is O=C(NOc1cnc2[nH]cc([N+](=O)[O-])c2c1)c1ccccc1. The molecule has 3 rings (SSSR count). The molecule has 1 amide bonds. The topological polar surface area (TPSA) is 110 Å². The number of fused-ring (bicyclic) bond motifs is 1. The molecule has 8 heteroatoms. The summed E-state index contributed by atoms with van der Waals surface area (Å²) in [6.07, 6.45) is 2.61. The molecule has 110 valence electrons. The Morgan fingerprint density at radius 3 is 2.82 bits per heavy atom. The van der Waals surface area contributed by atoms with Crippen molar-refractivity contribution in [1.82, 2.24) is 15.4 Å². The number of nitro groups is 1. The molecule has 0 fully saturated rings. The first-order valence-electron chi connectivity index (χ1n) is 6.29. The lowest BCUT2D eigenvalue weighted by Gasteiger charge is -2.06. The van der Waals surface area contributed by atoms with Gasteiger partial charge in [-0.15, -0.1) is 0 Å². The monoisotopic (exact) mass is 298 g/mol. The van der Waals surface area contributed by atoms with E-state index in [2.05, 4.69) is 15.4 Å². The van der Waals surface area contributed by atoms with E-state index in [-0.39, 0.29) is 11.4 Å². The number of hydroxylamine groups is 1. The van der Waals surface area contributed by atoms with Gasteiger partial charge in [0.15, 0.2) is 5.75 Å². The molecule has 0 radical (unpaired) electrons. The summed E-state index contributed by atoms with van der Waals surface area (Å²) < 4.78 is 0. The van der Waals surface area contributed by atoms with Gasteiger partial charge in [0.2, 0.25) is 0 Å². The summed E-state index contributed by atoms with van der Waals surface area (Å²) in [6.45, 7) is 0. The lowest BCUT2D eigenvalue weighted by atomic mass is 10.2. The molecule has 0 aliphatic rings. The molecule has 0 aliphatic heterocycles. The van der Waals surface area contributed by atoms with Crippen molar-refractivity contribution in [3.63, 3.8) is 0 Å². The third kappa shape index (κ3) is 2.57. The van der Waals surface area contributed by atoms with Crippen LogP contribution in [0.4, 0.5) is 5.69 Å². The maximum atomic E-state index is 11.8. The van der Waals surface area contributed by atoms with Crippen molar-refractivity contribution in [2.75, 3.05) is 0 Å². The molecule has 0 aliphatic carbocycles. The Labute approximate surface area is 123 Å². The van der Waals surface area contributed by atoms with Crippen LogP contribution in [0.25, 0.3) is 11.0 Å². The van der Waals surface area contributed by atoms with Crippen molar-refractivity contribution in [2.24, 2.45) is 0 Å². The Balaban J connectivity index is 1.78. The first-order chi connectivity index (χ1) is 10.6. The number of carbonyl (C=O) groups excluding carboxylic acids is 1. The Bertz CT molecular complexity index is 844. The number of nitrogens with one attached hydrogen (secondary N) is 2. The highest BCUT2D eigenvalue weighted by molar-refractivity contribution is 5.93. The van der Waals surface area contributed by atoms with Crippen molar-refractivity contribution in [2.45, 2.75) is 0 Å². The molecule has 3 aromatic rings. The number of benzene rings is 1. The van der Waals surface area contributed by atoms with Crippen LogP contribution in [0.1, 0.15) is 10.4 Å². The molecule has 22 heavy (non-hydrogen) atoms. The van der Waals surface area contributed by atoms with E-state index < -0.39 is 10.8 Å². The van der Waals surface area contributed by atoms with Crippen molar-refractivity contribution >= 4 is 22.6 Å². The molecule has 0 bridgehead atoms. The predicted octanol–water partition coefficient (Wildman–Crippen LogP) is 2.19. The summed E-state index contributed by atoms with van der Waals surface area (Å²) in [4.78, 5) is 34.0. The van der Waals surface area contributed by atoms with Gasteiger partial charge in [-0.3, -0.25) is 14.9 Å². The second-order valence-corrected chi connectivity index (χ2v) is 4.40. The second-order valence-electron chi connectivity index (χ2n) is 4.40. The minimum absolute atomic E-state index is 0.109. The third-order valence-electron chi connectivity index (χ3n) is 2.98. The summed E-state index contributed by atoms with van der Waals surface area (Å²) in [5.74, 6) is -0.233. The highest BCUT2D eigenvalue weighted by Gasteiger charge is 2.16. The first-order valence-corrected chi connectivity index (χ1v) is 6.29. The van der Waals surface area contributed by atoms with Gasteiger partial charge in [0.25, 0.3) is 11.6 Å². The Morgan fingerprint density at radius 2 is 2.09 bits per heavy atom. The molecule has 2 heterocycles. The van der Waals surface area contributed by atoms with E-state index in [4.69, 9.17) is 4.84 Å². The van der Waals surface area contributed by atoms with Crippen LogP contribution in [-0.2, 0) is 0 Å². The number of nitrogens with zero attached hydrogens (tertiary/aromatic N) is 2. The van der Waals surface area contributed by atoms with E-state index in [1.54, 1.807) is 30.3 Å². The average molecular weight is 298 g/mol. The molecule has 0 unspecified atom stereocenters. The molecular weight excluding hydrogens is 288 g/mol. The zero-order valence-corrected chi connectivity index (χ0v) is 11.1. The van der Waals surface area contributed by atoms with Gasteiger partial charge in [-0.1, -0.05) is 18.2 Å². The molecule has 2 aromatic heterocycles. The van der Waals surface area contributed by atoms with Gasteiger partial charge < -0.3 is 9.82 Å². The van der Waals surface area contributed by atoms with Crippen molar-refractivity contribution in [1.29, 1.82) is 0 Å². The zero-order chi connectivity index (χ0) is 15.5. The molecule has 8 nitrogen and oxygen atoms in total. The first kappa shape index (κ1) is 13.6. The fourth-order valence-corrected chi connectivity index (χ4v) is 1.93. The number of rotatable bonds is 4. The van der Waals surface area contributed by atoms with E-state index in [0.29, 0.717) is 16.6 Å². The smallest absolute Gasteiger partial charge is 0.296 e. The van der Waals surface area contributed by atoms with Crippen LogP contribution in [-0.4, -0.2) is 20.8 Å². The van der Waals surface area contributed by atoms with Gasteiger partial charge in [0.1, 0.15) is 11.0 Å². The molecule has 0 atom stereocenters. The zero-order valence-electron chi connectivity index (χ0n) is 11.1. The number of hydrogen-bond acceptors (Lipinski definition) is 5. The number of H-pyrrole nitrogens is 1. The van der Waals surface area contributed by atoms with E-state index in [1.165, 1.54) is 18.5 Å². The number of amides is 1. The molecule has 0 saturated carbocycles. The summed E-state index contributed by atoms with van der Waals surface area (Å²) in [5.41, 5.74) is 2.96. The highest BCUT2D eigenvalue weighted by atomic mass is 16.7. The minimum atomic E-state index is -0.521. The van der Waals surface area contributed by atoms with Crippen LogP contribution in [0, 0.1) is 10.1 Å². The van der Waals surface area contributed by atoms with Crippen molar-refractivity contribution in [3.05, 3.63) is 64.5 Å². The van der Waals surface area contributed by atoms with Gasteiger partial charge in [0, 0.05) is 11.6 Å². The minimum Gasteiger partial charge on any atom is -0.378 e. The normalized spacial score (nSPS) is 10.4. The predicted molar refractivity (Wildman–Crippen MR) is 77.3 cm³/mol. The van der Waals surface area contributed by atoms with E-state index in [1.807, 2.05) is 0 Å². The number of aromatic nitrogens is 2. The van der Waals surface area contributed by atoms with Crippen LogP contribution >= 0.6 is 0 Å². The Kier molecular flexibility index (Phi) is 3.40. The molecule has 1 aromatic carbocycles. The largest absolute Gasteiger partial charge is 0.378 e. The van der Waals surface area contributed by atoms with E-state index in [0.717, 1.165) is 0 Å². The molecular formula is C14H10N4O4. The van der Waals surface area contributed by atoms with Crippen LogP contribution in [0.3, 0.4) is 0 Å². The lowest BCUT2D eigenvalue weighted by Crippen LogP contribution is -2.26. The molecule has 2 N–H and O–H groups in total. The fraction of sp³-hybridized carbons (Fsp3) is 0. The van der Waals surface area contributed by atoms with E-state index >= 15 is 0 Å². The average Bonchev–Trinajstić information content (AvgIpc) is 2.96. The lowest BCUT2D eigenvalue weighted by molar-refractivity contribution is -0.383. The number of carbonyl (C=O) groups is 1. The van der Waals surface area contributed by atoms with Gasteiger partial charge in [-0.2, -0.15) is 5.48 Å². The van der Waals surface area contributed by atoms with Crippen LogP contribution in [0.5, 0.6) is 5.75 Å². The van der Waals surface area contributed by atoms with Gasteiger partial charge >= 0.3 is 0 Å².